The van der Waals surface area contributed by atoms with Gasteiger partial charge in [-0.15, -0.1) is 12.4 Å². The van der Waals surface area contributed by atoms with Crippen LogP contribution in [0.2, 0.25) is 0 Å². The number of carbonyl (C=O) groups is 2. The van der Waals surface area contributed by atoms with Crippen LogP contribution >= 0.6 is 12.4 Å². The zero-order valence-corrected chi connectivity index (χ0v) is 14.5. The first kappa shape index (κ1) is 19.5. The highest BCUT2D eigenvalue weighted by Crippen LogP contribution is 2.13. The van der Waals surface area contributed by atoms with Gasteiger partial charge in [-0.25, -0.2) is 0 Å². The average Bonchev–Trinajstić information content (AvgIpc) is 2.54. The number of carbonyl (C=O) groups excluding carboxylic acids is 2. The average molecular weight is 340 g/mol. The van der Waals surface area contributed by atoms with Gasteiger partial charge in [0.05, 0.1) is 0 Å². The summed E-state index contributed by atoms with van der Waals surface area (Å²) in [4.78, 5) is 24.3. The van der Waals surface area contributed by atoms with Gasteiger partial charge in [-0.2, -0.15) is 0 Å². The van der Waals surface area contributed by atoms with Gasteiger partial charge in [0, 0.05) is 30.3 Å². The summed E-state index contributed by atoms with van der Waals surface area (Å²) in [7, 11) is 0. The molecule has 2 unspecified atom stereocenters. The largest absolute Gasteiger partial charge is 0.352 e. The van der Waals surface area contributed by atoms with E-state index >= 15 is 0 Å². The first-order valence-electron chi connectivity index (χ1n) is 8.01. The molecule has 1 aromatic carbocycles. The minimum atomic E-state index is -0.135. The van der Waals surface area contributed by atoms with Gasteiger partial charge >= 0.3 is 0 Å². The first-order valence-corrected chi connectivity index (χ1v) is 8.01. The SMILES string of the molecule is CCCNC(=O)c1cccc(C(=O)NC2CNCCC2C)c1.Cl. The second-order valence-corrected chi connectivity index (χ2v) is 5.89. The van der Waals surface area contributed by atoms with Crippen LogP contribution in [0.4, 0.5) is 0 Å². The fourth-order valence-electron chi connectivity index (χ4n) is 2.58. The Labute approximate surface area is 144 Å². The lowest BCUT2D eigenvalue weighted by Crippen LogP contribution is -2.50. The zero-order chi connectivity index (χ0) is 15.9. The molecular weight excluding hydrogens is 314 g/mol. The van der Waals surface area contributed by atoms with Crippen LogP contribution in [0.5, 0.6) is 0 Å². The van der Waals surface area contributed by atoms with Crippen LogP contribution in [0.15, 0.2) is 24.3 Å². The standard InChI is InChI=1S/C17H25N3O2.ClH/c1-3-8-19-16(21)13-5-4-6-14(10-13)17(22)20-15-11-18-9-7-12(15)2;/h4-6,10,12,15,18H,3,7-9,11H2,1-2H3,(H,19,21)(H,20,22);1H. The van der Waals surface area contributed by atoms with Gasteiger partial charge < -0.3 is 16.0 Å². The van der Waals surface area contributed by atoms with E-state index in [4.69, 9.17) is 0 Å². The molecule has 23 heavy (non-hydrogen) atoms. The molecule has 1 heterocycles. The van der Waals surface area contributed by atoms with Crippen LogP contribution in [-0.4, -0.2) is 37.5 Å². The van der Waals surface area contributed by atoms with Crippen molar-refractivity contribution in [2.45, 2.75) is 32.7 Å². The molecule has 0 aliphatic carbocycles. The van der Waals surface area contributed by atoms with E-state index < -0.39 is 0 Å². The van der Waals surface area contributed by atoms with E-state index in [0.717, 1.165) is 25.9 Å². The van der Waals surface area contributed by atoms with Crippen LogP contribution in [-0.2, 0) is 0 Å². The Morgan fingerprint density at radius 3 is 2.61 bits per heavy atom. The van der Waals surface area contributed by atoms with Crippen molar-refractivity contribution in [2.75, 3.05) is 19.6 Å². The summed E-state index contributed by atoms with van der Waals surface area (Å²) in [5, 5.41) is 9.18. The summed E-state index contributed by atoms with van der Waals surface area (Å²) in [6.07, 6.45) is 1.95. The fraction of sp³-hybridized carbons (Fsp3) is 0.529. The Hall–Kier alpha value is -1.59. The quantitative estimate of drug-likeness (QED) is 0.768. The maximum absolute atomic E-state index is 12.4. The number of hydrogen-bond donors (Lipinski definition) is 3. The number of amides is 2. The summed E-state index contributed by atoms with van der Waals surface area (Å²) in [6.45, 7) is 6.59. The molecule has 6 heteroatoms. The van der Waals surface area contributed by atoms with Gasteiger partial charge in [0.2, 0.25) is 0 Å². The van der Waals surface area contributed by atoms with Crippen molar-refractivity contribution in [1.82, 2.24) is 16.0 Å². The van der Waals surface area contributed by atoms with Crippen molar-refractivity contribution in [3.8, 4) is 0 Å². The summed E-state index contributed by atoms with van der Waals surface area (Å²) >= 11 is 0. The smallest absolute Gasteiger partial charge is 0.251 e. The highest BCUT2D eigenvalue weighted by Gasteiger charge is 2.23. The van der Waals surface area contributed by atoms with Gasteiger partial charge in [0.15, 0.2) is 0 Å². The molecule has 5 nitrogen and oxygen atoms in total. The molecule has 2 rings (SSSR count). The van der Waals surface area contributed by atoms with E-state index in [9.17, 15) is 9.59 Å². The van der Waals surface area contributed by atoms with Crippen LogP contribution in [0.1, 0.15) is 47.4 Å². The summed E-state index contributed by atoms with van der Waals surface area (Å²) in [5.74, 6) is 0.205. The van der Waals surface area contributed by atoms with Crippen molar-refractivity contribution < 1.29 is 9.59 Å². The molecule has 1 aromatic rings. The number of benzene rings is 1. The second-order valence-electron chi connectivity index (χ2n) is 5.89. The monoisotopic (exact) mass is 339 g/mol. The molecule has 0 radical (unpaired) electrons. The number of nitrogens with one attached hydrogen (secondary N) is 3. The van der Waals surface area contributed by atoms with Crippen molar-refractivity contribution >= 4 is 24.2 Å². The highest BCUT2D eigenvalue weighted by molar-refractivity contribution is 5.99. The van der Waals surface area contributed by atoms with Gasteiger partial charge in [0.1, 0.15) is 0 Å². The predicted molar refractivity (Wildman–Crippen MR) is 94.2 cm³/mol. The number of rotatable bonds is 5. The molecule has 0 spiro atoms. The number of halogens is 1. The lowest BCUT2D eigenvalue weighted by molar-refractivity contribution is 0.0915. The molecule has 1 aliphatic rings. The third-order valence-electron chi connectivity index (χ3n) is 4.07. The van der Waals surface area contributed by atoms with E-state index in [1.165, 1.54) is 0 Å². The van der Waals surface area contributed by atoms with Gasteiger partial charge in [-0.3, -0.25) is 9.59 Å². The topological polar surface area (TPSA) is 70.2 Å². The van der Waals surface area contributed by atoms with Crippen molar-refractivity contribution in [3.05, 3.63) is 35.4 Å². The summed E-state index contributed by atoms with van der Waals surface area (Å²) < 4.78 is 0. The molecule has 3 N–H and O–H groups in total. The Kier molecular flexibility index (Phi) is 8.06. The molecule has 0 saturated carbocycles. The third-order valence-corrected chi connectivity index (χ3v) is 4.07. The van der Waals surface area contributed by atoms with Gasteiger partial charge in [-0.1, -0.05) is 19.9 Å². The van der Waals surface area contributed by atoms with E-state index in [1.54, 1.807) is 24.3 Å². The summed E-state index contributed by atoms with van der Waals surface area (Å²) in [5.41, 5.74) is 1.05. The molecule has 1 fully saturated rings. The Balaban J connectivity index is 0.00000264. The van der Waals surface area contributed by atoms with Gasteiger partial charge in [-0.05, 0) is 43.5 Å². The van der Waals surface area contributed by atoms with Crippen molar-refractivity contribution in [3.63, 3.8) is 0 Å². The fourth-order valence-corrected chi connectivity index (χ4v) is 2.58. The lowest BCUT2D eigenvalue weighted by Gasteiger charge is -2.30. The van der Waals surface area contributed by atoms with Crippen molar-refractivity contribution in [1.29, 1.82) is 0 Å². The predicted octanol–water partition coefficient (Wildman–Crippen LogP) is 1.98. The summed E-state index contributed by atoms with van der Waals surface area (Å²) in [6, 6.07) is 7.01. The molecule has 1 saturated heterocycles. The lowest BCUT2D eigenvalue weighted by atomic mass is 9.94. The van der Waals surface area contributed by atoms with E-state index in [0.29, 0.717) is 23.6 Å². The van der Waals surface area contributed by atoms with Crippen LogP contribution in [0, 0.1) is 5.92 Å². The zero-order valence-electron chi connectivity index (χ0n) is 13.7. The molecule has 2 amide bonds. The Morgan fingerprint density at radius 1 is 1.26 bits per heavy atom. The Morgan fingerprint density at radius 2 is 1.96 bits per heavy atom. The first-order chi connectivity index (χ1) is 10.6. The Bertz CT molecular complexity index is 536. The van der Waals surface area contributed by atoms with E-state index in [-0.39, 0.29) is 30.3 Å². The highest BCUT2D eigenvalue weighted by atomic mass is 35.5. The molecule has 0 bridgehead atoms. The van der Waals surface area contributed by atoms with E-state index in [2.05, 4.69) is 22.9 Å². The van der Waals surface area contributed by atoms with Crippen LogP contribution in [0.3, 0.4) is 0 Å². The maximum Gasteiger partial charge on any atom is 0.251 e. The van der Waals surface area contributed by atoms with Crippen LogP contribution < -0.4 is 16.0 Å². The normalized spacial score (nSPS) is 20.3. The number of hydrogen-bond acceptors (Lipinski definition) is 3. The third kappa shape index (κ3) is 5.52. The molecule has 128 valence electrons. The number of piperidine rings is 1. The molecule has 0 aromatic heterocycles. The maximum atomic E-state index is 12.4. The van der Waals surface area contributed by atoms with Gasteiger partial charge in [0.25, 0.3) is 11.8 Å². The van der Waals surface area contributed by atoms with E-state index in [1.807, 2.05) is 6.92 Å². The van der Waals surface area contributed by atoms with Crippen LogP contribution in [0.25, 0.3) is 0 Å². The van der Waals surface area contributed by atoms with Crippen molar-refractivity contribution in [2.24, 2.45) is 5.92 Å². The molecule has 1 aliphatic heterocycles. The minimum Gasteiger partial charge on any atom is -0.352 e. The minimum absolute atomic E-state index is 0. The molecule has 2 atom stereocenters. The second kappa shape index (κ2) is 9.53. The molecular formula is C17H26ClN3O2.